The van der Waals surface area contributed by atoms with Crippen LogP contribution in [0.4, 0.5) is 37.7 Å². The zero-order valence-corrected chi connectivity index (χ0v) is 36.1. The molecule has 0 aliphatic rings. The number of nitrogens with zero attached hydrogens (tertiary/aromatic N) is 4. The molecular formula is C44H33Cl5F6N6O6. The van der Waals surface area contributed by atoms with Crippen LogP contribution < -0.4 is 30.0 Å². The Labute approximate surface area is 404 Å². The van der Waals surface area contributed by atoms with Gasteiger partial charge in [-0.25, -0.2) is 0 Å². The van der Waals surface area contributed by atoms with Crippen LogP contribution in [0.5, 0.6) is 34.5 Å². The maximum atomic E-state index is 13.0. The van der Waals surface area contributed by atoms with Crippen molar-refractivity contribution in [1.82, 2.24) is 9.97 Å². The Kier molecular flexibility index (Phi) is 21.8. The molecule has 0 saturated carbocycles. The highest BCUT2D eigenvalue weighted by molar-refractivity contribution is 6.63. The predicted octanol–water partition coefficient (Wildman–Crippen LogP) is 13.8. The van der Waals surface area contributed by atoms with Gasteiger partial charge in [0.1, 0.15) is 34.5 Å². The lowest BCUT2D eigenvalue weighted by Gasteiger charge is -2.14. The third-order valence-corrected chi connectivity index (χ3v) is 8.71. The number of amides is 1. The second-order valence-electron chi connectivity index (χ2n) is 12.3. The van der Waals surface area contributed by atoms with E-state index in [2.05, 4.69) is 15.3 Å². The number of hydrogen-bond acceptors (Lipinski definition) is 11. The Morgan fingerprint density at radius 3 is 1.49 bits per heavy atom. The fraction of sp³-hybridized carbons (Fsp3) is 0.136. The van der Waals surface area contributed by atoms with E-state index in [-0.39, 0.29) is 60.0 Å². The van der Waals surface area contributed by atoms with Gasteiger partial charge in [0.2, 0.25) is 0 Å². The van der Waals surface area contributed by atoms with Crippen molar-refractivity contribution in [2.45, 2.75) is 27.2 Å². The molecule has 0 aliphatic carbocycles. The highest BCUT2D eigenvalue weighted by Crippen LogP contribution is 2.37. The van der Waals surface area contributed by atoms with Crippen molar-refractivity contribution in [3.63, 3.8) is 0 Å². The van der Waals surface area contributed by atoms with Crippen LogP contribution in [0.1, 0.15) is 37.1 Å². The van der Waals surface area contributed by atoms with E-state index in [4.69, 9.17) is 93.2 Å². The average molecular weight is 1030 g/mol. The van der Waals surface area contributed by atoms with Crippen LogP contribution in [0.15, 0.2) is 110 Å². The monoisotopic (exact) mass is 1030 g/mol. The maximum absolute atomic E-state index is 13.0. The minimum absolute atomic E-state index is 0. The fourth-order valence-electron chi connectivity index (χ4n) is 4.78. The van der Waals surface area contributed by atoms with Crippen molar-refractivity contribution in [1.29, 1.82) is 10.5 Å². The van der Waals surface area contributed by atoms with E-state index in [1.807, 2.05) is 12.1 Å². The topological polar surface area (TPSA) is 182 Å². The van der Waals surface area contributed by atoms with Crippen LogP contribution >= 0.6 is 58.0 Å². The van der Waals surface area contributed by atoms with E-state index in [9.17, 15) is 35.9 Å². The molecule has 0 bridgehead atoms. The number of carbonyl (C=O) groups excluding carboxylic acids is 2. The normalized spacial score (nSPS) is 10.3. The Hall–Kier alpha value is -6.67. The van der Waals surface area contributed by atoms with Crippen molar-refractivity contribution >= 4 is 80.5 Å². The fourth-order valence-corrected chi connectivity index (χ4v) is 5.59. The number of rotatable bonds is 11. The van der Waals surface area contributed by atoms with Gasteiger partial charge in [0, 0.05) is 52.7 Å². The van der Waals surface area contributed by atoms with Crippen LogP contribution in [0, 0.1) is 22.7 Å². The summed E-state index contributed by atoms with van der Waals surface area (Å²) in [6, 6.07) is 24.0. The predicted molar refractivity (Wildman–Crippen MR) is 242 cm³/mol. The number of benzene rings is 4. The molecule has 2 aromatic heterocycles. The molecule has 6 rings (SSSR count). The molecule has 6 aromatic rings. The minimum atomic E-state index is -4.67. The van der Waals surface area contributed by atoms with Gasteiger partial charge >= 0.3 is 12.4 Å². The van der Waals surface area contributed by atoms with Crippen LogP contribution in [-0.4, -0.2) is 34.3 Å². The molecule has 352 valence electrons. The van der Waals surface area contributed by atoms with Crippen molar-refractivity contribution in [3.8, 4) is 46.6 Å². The number of nitriles is 2. The number of aromatic nitrogens is 2. The minimum Gasteiger partial charge on any atom is -0.484 e. The molecule has 0 unspecified atom stereocenters. The zero-order valence-electron chi connectivity index (χ0n) is 32.3. The number of anilines is 2. The number of halogens is 11. The first kappa shape index (κ1) is 56.5. The maximum Gasteiger partial charge on any atom is 0.419 e. The van der Waals surface area contributed by atoms with Crippen molar-refractivity contribution in [2.24, 2.45) is 0 Å². The second-order valence-corrected chi connectivity index (χ2v) is 14.4. The number of ether oxygens (including phenoxy) is 4. The summed E-state index contributed by atoms with van der Waals surface area (Å²) in [6.07, 6.45) is -5.42. The van der Waals surface area contributed by atoms with Gasteiger partial charge in [-0.1, -0.05) is 61.3 Å². The third-order valence-electron chi connectivity index (χ3n) is 7.54. The van der Waals surface area contributed by atoms with Crippen LogP contribution in [0.25, 0.3) is 0 Å². The van der Waals surface area contributed by atoms with E-state index < -0.39 is 46.9 Å². The van der Waals surface area contributed by atoms with Gasteiger partial charge in [-0.2, -0.15) is 36.9 Å². The molecule has 0 atom stereocenters. The van der Waals surface area contributed by atoms with Gasteiger partial charge < -0.3 is 30.0 Å². The molecule has 2 heterocycles. The van der Waals surface area contributed by atoms with Crippen molar-refractivity contribution in [2.75, 3.05) is 24.3 Å². The lowest BCUT2D eigenvalue weighted by atomic mass is 10.2. The number of alkyl halides is 6. The number of carbonyl (C=O) groups is 2. The van der Waals surface area contributed by atoms with E-state index >= 15 is 0 Å². The molecule has 0 saturated heterocycles. The molecule has 0 aliphatic heterocycles. The SMILES string of the molecule is C.C.N#Cc1cc(Cl)cc(Oc2cc(OCC(=O)Cl)ccc2Cl)c1.N#Cc1cc(Cl)cc(Oc2cc(OCC(=O)Nc3ccncc3C(F)(F)F)ccc2Cl)c1.Nc1ccncc1C(F)(F)F. The standard InChI is InChI=1S/C21H12Cl2F3N3O3.C15H8Cl3NO3.C6H5F3N2.2CH4/c22-13-5-12(9-27)6-15(7-13)32-19-8-14(1-2-17(19)23)31-11-20(30)29-18-3-4-28-10-16(18)21(24,25)26;16-10-3-9(7-19)4-12(5-10)22-14-6-11(1-2-13(14)17)21-8-15(18)20;7-6(8,9)4-3-11-2-1-5(4)10;;/h1-8,10H,11H2,(H,28,29,30);1-6H,8H2;1-3H,(H2,10,11);2*1H4. The summed E-state index contributed by atoms with van der Waals surface area (Å²) in [4.78, 5) is 29.5. The van der Waals surface area contributed by atoms with Crippen molar-refractivity contribution in [3.05, 3.63) is 152 Å². The number of nitrogens with two attached hydrogens (primary N) is 1. The summed E-state index contributed by atoms with van der Waals surface area (Å²) < 4.78 is 96.6. The number of nitrogens with one attached hydrogen (secondary N) is 1. The lowest BCUT2D eigenvalue weighted by molar-refractivity contribution is -0.138. The zero-order chi connectivity index (χ0) is 47.9. The molecule has 12 nitrogen and oxygen atoms in total. The van der Waals surface area contributed by atoms with E-state index in [1.54, 1.807) is 18.2 Å². The summed E-state index contributed by atoms with van der Waals surface area (Å²) in [6.45, 7) is -0.838. The second kappa shape index (κ2) is 25.9. The smallest absolute Gasteiger partial charge is 0.419 e. The Morgan fingerprint density at radius 2 is 1.07 bits per heavy atom. The van der Waals surface area contributed by atoms with Gasteiger partial charge in [0.25, 0.3) is 11.1 Å². The molecule has 4 aromatic carbocycles. The Balaban J connectivity index is 0.000000381. The highest BCUT2D eigenvalue weighted by atomic mass is 35.5. The van der Waals surface area contributed by atoms with E-state index in [0.29, 0.717) is 45.3 Å². The molecule has 0 fully saturated rings. The molecule has 3 N–H and O–H groups in total. The molecule has 67 heavy (non-hydrogen) atoms. The van der Waals surface area contributed by atoms with Gasteiger partial charge in [-0.15, -0.1) is 0 Å². The largest absolute Gasteiger partial charge is 0.484 e. The summed E-state index contributed by atoms with van der Waals surface area (Å²) >= 11 is 29.2. The molecule has 1 amide bonds. The van der Waals surface area contributed by atoms with Gasteiger partial charge in [0.05, 0.1) is 50.1 Å². The first-order valence-corrected chi connectivity index (χ1v) is 19.4. The molecule has 23 heteroatoms. The number of hydrogen-bond donors (Lipinski definition) is 2. The summed E-state index contributed by atoms with van der Waals surface area (Å²) in [5.41, 5.74) is 2.99. The molecular weight excluding hydrogens is 1000 g/mol. The van der Waals surface area contributed by atoms with Gasteiger partial charge in [0.15, 0.2) is 13.2 Å². The first-order chi connectivity index (χ1) is 30.6. The average Bonchev–Trinajstić information content (AvgIpc) is 3.23. The number of pyridine rings is 2. The molecule has 0 spiro atoms. The quantitative estimate of drug-likeness (QED) is 0.0930. The van der Waals surface area contributed by atoms with Gasteiger partial charge in [-0.05, 0) is 84.4 Å². The third kappa shape index (κ3) is 18.3. The van der Waals surface area contributed by atoms with Crippen molar-refractivity contribution < 1.29 is 54.9 Å². The summed E-state index contributed by atoms with van der Waals surface area (Å²) in [5.74, 6) is 0.799. The molecule has 0 radical (unpaired) electrons. The lowest BCUT2D eigenvalue weighted by Crippen LogP contribution is -2.22. The van der Waals surface area contributed by atoms with Crippen LogP contribution in [-0.2, 0) is 21.9 Å². The van der Waals surface area contributed by atoms with E-state index in [0.717, 1.165) is 18.3 Å². The van der Waals surface area contributed by atoms with Crippen LogP contribution in [0.2, 0.25) is 20.1 Å². The summed E-state index contributed by atoms with van der Waals surface area (Å²) in [7, 11) is 0. The summed E-state index contributed by atoms with van der Waals surface area (Å²) in [5, 5.41) is 20.7. The first-order valence-electron chi connectivity index (χ1n) is 17.5. The van der Waals surface area contributed by atoms with Gasteiger partial charge in [-0.3, -0.25) is 19.6 Å². The highest BCUT2D eigenvalue weighted by Gasteiger charge is 2.34. The van der Waals surface area contributed by atoms with E-state index in [1.165, 1.54) is 60.8 Å². The Bertz CT molecular complexity index is 2750. The van der Waals surface area contributed by atoms with Crippen LogP contribution in [0.3, 0.4) is 0 Å². The Morgan fingerprint density at radius 1 is 0.627 bits per heavy atom. The number of nitrogen functional groups attached to an aromatic ring is 1.